The lowest BCUT2D eigenvalue weighted by atomic mass is 10.1. The Morgan fingerprint density at radius 1 is 0.750 bits per heavy atom. The van der Waals surface area contributed by atoms with Crippen LogP contribution >= 0.6 is 46.6 Å². The number of nitrogens with zero attached hydrogens (tertiary/aromatic N) is 2. The maximum absolute atomic E-state index is 13.6. The molecule has 158 valence electrons. The van der Waals surface area contributed by atoms with Crippen molar-refractivity contribution in [2.24, 2.45) is 0 Å². The number of halogens is 4. The lowest BCUT2D eigenvalue weighted by Crippen LogP contribution is -2.00. The van der Waals surface area contributed by atoms with Gasteiger partial charge in [-0.3, -0.25) is 0 Å². The topological polar surface area (TPSA) is 37.8 Å². The minimum atomic E-state index is -0.492. The fourth-order valence-electron chi connectivity index (χ4n) is 3.25. The molecular weight excluding hydrogens is 488 g/mol. The molecule has 1 N–H and O–H groups in total. The van der Waals surface area contributed by atoms with Crippen LogP contribution < -0.4 is 5.32 Å². The predicted molar refractivity (Wildman–Crippen MR) is 132 cm³/mol. The molecule has 0 unspecified atom stereocenters. The summed E-state index contributed by atoms with van der Waals surface area (Å²) >= 11 is 19.9. The van der Waals surface area contributed by atoms with E-state index in [-0.39, 0.29) is 5.02 Å². The van der Waals surface area contributed by atoms with Crippen molar-refractivity contribution in [2.45, 2.75) is 9.92 Å². The molecule has 0 fully saturated rings. The second kappa shape index (κ2) is 8.75. The molecule has 0 aliphatic carbocycles. The summed E-state index contributed by atoms with van der Waals surface area (Å²) in [5.41, 5.74) is 2.05. The van der Waals surface area contributed by atoms with Gasteiger partial charge in [0.25, 0.3) is 0 Å². The molecule has 32 heavy (non-hydrogen) atoms. The molecule has 0 atom stereocenters. The van der Waals surface area contributed by atoms with E-state index in [1.807, 2.05) is 36.4 Å². The van der Waals surface area contributed by atoms with E-state index in [2.05, 4.69) is 5.32 Å². The van der Waals surface area contributed by atoms with Crippen molar-refractivity contribution in [1.29, 1.82) is 0 Å². The van der Waals surface area contributed by atoms with Crippen molar-refractivity contribution >= 4 is 79.9 Å². The Kier molecular flexibility index (Phi) is 5.82. The van der Waals surface area contributed by atoms with Crippen LogP contribution in [0.25, 0.3) is 21.8 Å². The minimum absolute atomic E-state index is 0.0156. The molecule has 0 saturated carbocycles. The first-order valence-corrected chi connectivity index (χ1v) is 11.5. The molecule has 3 nitrogen and oxygen atoms in total. The van der Waals surface area contributed by atoms with Crippen LogP contribution in [0.3, 0.4) is 0 Å². The van der Waals surface area contributed by atoms with E-state index in [9.17, 15) is 4.39 Å². The molecule has 5 aromatic rings. The van der Waals surface area contributed by atoms with Gasteiger partial charge in [0.2, 0.25) is 0 Å². The second-order valence-electron chi connectivity index (χ2n) is 7.00. The molecule has 5 rings (SSSR count). The highest BCUT2D eigenvalue weighted by Gasteiger charge is 2.15. The predicted octanol–water partition coefficient (Wildman–Crippen LogP) is 8.78. The summed E-state index contributed by atoms with van der Waals surface area (Å²) in [4.78, 5) is 10.4. The molecule has 0 bridgehead atoms. The number of hydrogen-bond donors (Lipinski definition) is 1. The fraction of sp³-hybridized carbons (Fsp3) is 0. The van der Waals surface area contributed by atoms with Crippen molar-refractivity contribution < 1.29 is 4.39 Å². The van der Waals surface area contributed by atoms with Gasteiger partial charge < -0.3 is 5.32 Å². The van der Waals surface area contributed by atoms with Crippen LogP contribution in [0.5, 0.6) is 0 Å². The van der Waals surface area contributed by atoms with Crippen molar-refractivity contribution in [1.82, 2.24) is 9.97 Å². The van der Waals surface area contributed by atoms with Crippen LogP contribution in [0.1, 0.15) is 0 Å². The summed E-state index contributed by atoms with van der Waals surface area (Å²) in [6, 6.07) is 21.6. The van der Waals surface area contributed by atoms with Crippen molar-refractivity contribution in [2.75, 3.05) is 5.32 Å². The van der Waals surface area contributed by atoms with Gasteiger partial charge in [0.1, 0.15) is 10.8 Å². The van der Waals surface area contributed by atoms with Gasteiger partial charge in [-0.1, -0.05) is 70.8 Å². The first-order valence-electron chi connectivity index (χ1n) is 9.52. The zero-order valence-electron chi connectivity index (χ0n) is 16.2. The Hall–Kier alpha value is -2.57. The Bertz CT molecular complexity index is 1490. The van der Waals surface area contributed by atoms with Crippen LogP contribution in [0.15, 0.2) is 82.7 Å². The summed E-state index contributed by atoms with van der Waals surface area (Å²) < 4.78 is 13.6. The summed E-state index contributed by atoms with van der Waals surface area (Å²) in [5.74, 6) is 0.00471. The number of rotatable bonds is 4. The van der Waals surface area contributed by atoms with E-state index in [1.54, 1.807) is 24.3 Å². The first-order chi connectivity index (χ1) is 15.5. The lowest BCUT2D eigenvalue weighted by molar-refractivity contribution is 0.628. The van der Waals surface area contributed by atoms with Gasteiger partial charge in [-0.25, -0.2) is 14.4 Å². The lowest BCUT2D eigenvalue weighted by Gasteiger charge is -2.13. The maximum Gasteiger partial charge on any atom is 0.164 e. The molecule has 0 spiro atoms. The Labute approximate surface area is 202 Å². The van der Waals surface area contributed by atoms with Crippen LogP contribution in [-0.2, 0) is 0 Å². The minimum Gasteiger partial charge on any atom is -0.338 e. The molecule has 8 heteroatoms. The number of aromatic nitrogens is 2. The maximum atomic E-state index is 13.6. The average molecular weight is 501 g/mol. The third-order valence-electron chi connectivity index (χ3n) is 4.78. The van der Waals surface area contributed by atoms with Gasteiger partial charge >= 0.3 is 0 Å². The van der Waals surface area contributed by atoms with Gasteiger partial charge in [0, 0.05) is 15.6 Å². The van der Waals surface area contributed by atoms with Crippen LogP contribution in [0, 0.1) is 5.82 Å². The molecule has 0 radical (unpaired) electrons. The fourth-order valence-corrected chi connectivity index (χ4v) is 4.80. The van der Waals surface area contributed by atoms with E-state index in [4.69, 9.17) is 44.8 Å². The monoisotopic (exact) mass is 499 g/mol. The number of hydrogen-bond acceptors (Lipinski definition) is 4. The van der Waals surface area contributed by atoms with E-state index >= 15 is 0 Å². The molecular formula is C24H13Cl3FN3S. The number of fused-ring (bicyclic) bond motifs is 2. The molecule has 0 aliphatic rings. The zero-order valence-corrected chi connectivity index (χ0v) is 19.3. The van der Waals surface area contributed by atoms with E-state index in [0.29, 0.717) is 26.6 Å². The summed E-state index contributed by atoms with van der Waals surface area (Å²) in [5, 5.41) is 7.07. The van der Waals surface area contributed by atoms with Gasteiger partial charge in [-0.2, -0.15) is 0 Å². The van der Waals surface area contributed by atoms with Crippen LogP contribution in [-0.4, -0.2) is 9.97 Å². The third-order valence-corrected chi connectivity index (χ3v) is 6.78. The van der Waals surface area contributed by atoms with Gasteiger partial charge in [-0.15, -0.1) is 0 Å². The van der Waals surface area contributed by atoms with Crippen LogP contribution in [0.2, 0.25) is 15.1 Å². The van der Waals surface area contributed by atoms with Gasteiger partial charge in [-0.05, 0) is 59.3 Å². The summed E-state index contributed by atoms with van der Waals surface area (Å²) in [6.07, 6.45) is 0. The number of benzene rings is 4. The molecule has 1 heterocycles. The van der Waals surface area contributed by atoms with Gasteiger partial charge in [0.05, 0.1) is 21.1 Å². The second-order valence-corrected chi connectivity index (χ2v) is 9.28. The van der Waals surface area contributed by atoms with Gasteiger partial charge in [0.15, 0.2) is 5.82 Å². The normalized spacial score (nSPS) is 11.2. The Balaban J connectivity index is 1.66. The standard InChI is InChI=1S/C24H13Cl3FN3S/c25-15-5-7-17(26)22(11-15)32-24-23(29-16-6-8-19(28)18(27)12-16)30-20-9-13-3-1-2-4-14(13)10-21(20)31-24/h1-12H,(H,29,30). The van der Waals surface area contributed by atoms with Crippen molar-refractivity contribution in [3.63, 3.8) is 0 Å². The van der Waals surface area contributed by atoms with E-state index in [0.717, 1.165) is 26.7 Å². The van der Waals surface area contributed by atoms with Crippen LogP contribution in [0.4, 0.5) is 15.9 Å². The molecule has 1 aromatic heterocycles. The van der Waals surface area contributed by atoms with Crippen molar-refractivity contribution in [3.8, 4) is 0 Å². The quantitative estimate of drug-likeness (QED) is 0.250. The SMILES string of the molecule is Fc1ccc(Nc2nc3cc4ccccc4cc3nc2Sc2cc(Cl)ccc2Cl)cc1Cl. The summed E-state index contributed by atoms with van der Waals surface area (Å²) in [7, 11) is 0. The van der Waals surface area contributed by atoms with E-state index < -0.39 is 5.82 Å². The van der Waals surface area contributed by atoms with E-state index in [1.165, 1.54) is 23.9 Å². The highest BCUT2D eigenvalue weighted by molar-refractivity contribution is 7.99. The molecule has 0 aliphatic heterocycles. The largest absolute Gasteiger partial charge is 0.338 e. The highest BCUT2D eigenvalue weighted by Crippen LogP contribution is 2.39. The Morgan fingerprint density at radius 3 is 2.19 bits per heavy atom. The Morgan fingerprint density at radius 2 is 1.47 bits per heavy atom. The first kappa shape index (κ1) is 21.3. The molecule has 0 saturated heterocycles. The number of anilines is 2. The summed E-state index contributed by atoms with van der Waals surface area (Å²) in [6.45, 7) is 0. The zero-order chi connectivity index (χ0) is 22.2. The smallest absolute Gasteiger partial charge is 0.164 e. The molecule has 4 aromatic carbocycles. The number of nitrogens with one attached hydrogen (secondary N) is 1. The average Bonchev–Trinajstić information content (AvgIpc) is 2.78. The molecule has 0 amide bonds. The van der Waals surface area contributed by atoms with Crippen molar-refractivity contribution in [3.05, 3.63) is 93.7 Å². The highest BCUT2D eigenvalue weighted by atomic mass is 35.5. The third kappa shape index (κ3) is 4.34.